The van der Waals surface area contributed by atoms with Crippen LogP contribution >= 0.6 is 0 Å². The SMILES string of the molecule is c1cc(-c2cccc3[nH]cnc23)c2c[nH]nc2c1. The number of rotatable bonds is 1. The van der Waals surface area contributed by atoms with Gasteiger partial charge in [-0.3, -0.25) is 5.10 Å². The van der Waals surface area contributed by atoms with E-state index in [9.17, 15) is 0 Å². The second-order valence-corrected chi connectivity index (χ2v) is 4.23. The van der Waals surface area contributed by atoms with Crippen LogP contribution in [0.4, 0.5) is 0 Å². The summed E-state index contributed by atoms with van der Waals surface area (Å²) in [6.45, 7) is 0. The van der Waals surface area contributed by atoms with E-state index >= 15 is 0 Å². The fraction of sp³-hybridized carbons (Fsp3) is 0. The first-order chi connectivity index (χ1) is 8.93. The van der Waals surface area contributed by atoms with Gasteiger partial charge in [0, 0.05) is 17.1 Å². The fourth-order valence-corrected chi connectivity index (χ4v) is 2.39. The highest BCUT2D eigenvalue weighted by Crippen LogP contribution is 2.31. The highest BCUT2D eigenvalue weighted by molar-refractivity contribution is 6.02. The minimum atomic E-state index is 0.972. The van der Waals surface area contributed by atoms with Gasteiger partial charge < -0.3 is 4.98 Å². The predicted octanol–water partition coefficient (Wildman–Crippen LogP) is 3.11. The van der Waals surface area contributed by atoms with Gasteiger partial charge in [-0.15, -0.1) is 0 Å². The molecule has 18 heavy (non-hydrogen) atoms. The third kappa shape index (κ3) is 1.20. The van der Waals surface area contributed by atoms with Crippen molar-refractivity contribution < 1.29 is 0 Å². The lowest BCUT2D eigenvalue weighted by atomic mass is 10.0. The van der Waals surface area contributed by atoms with Gasteiger partial charge in [0.2, 0.25) is 0 Å². The lowest BCUT2D eigenvalue weighted by molar-refractivity contribution is 1.12. The van der Waals surface area contributed by atoms with Crippen molar-refractivity contribution in [3.8, 4) is 11.1 Å². The van der Waals surface area contributed by atoms with Gasteiger partial charge in [0.1, 0.15) is 0 Å². The molecule has 4 aromatic rings. The number of hydrogen-bond acceptors (Lipinski definition) is 2. The summed E-state index contributed by atoms with van der Waals surface area (Å²) in [4.78, 5) is 7.54. The van der Waals surface area contributed by atoms with Crippen molar-refractivity contribution in [3.63, 3.8) is 0 Å². The molecule has 2 N–H and O–H groups in total. The second-order valence-electron chi connectivity index (χ2n) is 4.23. The summed E-state index contributed by atoms with van der Waals surface area (Å²) in [6, 6.07) is 12.3. The van der Waals surface area contributed by atoms with Crippen molar-refractivity contribution in [1.29, 1.82) is 0 Å². The third-order valence-corrected chi connectivity index (χ3v) is 3.22. The molecule has 0 fully saturated rings. The number of benzene rings is 2. The molecule has 2 aromatic carbocycles. The summed E-state index contributed by atoms with van der Waals surface area (Å²) in [7, 11) is 0. The van der Waals surface area contributed by atoms with Gasteiger partial charge in [0.05, 0.1) is 22.9 Å². The summed E-state index contributed by atoms with van der Waals surface area (Å²) in [6.07, 6.45) is 3.65. The number of aromatic amines is 2. The van der Waals surface area contributed by atoms with Crippen LogP contribution < -0.4 is 0 Å². The summed E-state index contributed by atoms with van der Waals surface area (Å²) in [5.74, 6) is 0. The Morgan fingerprint density at radius 3 is 2.83 bits per heavy atom. The molecule has 0 atom stereocenters. The van der Waals surface area contributed by atoms with Crippen molar-refractivity contribution in [2.45, 2.75) is 0 Å². The number of fused-ring (bicyclic) bond motifs is 2. The maximum atomic E-state index is 4.40. The predicted molar refractivity (Wildman–Crippen MR) is 71.2 cm³/mol. The van der Waals surface area contributed by atoms with Crippen molar-refractivity contribution in [1.82, 2.24) is 20.2 Å². The van der Waals surface area contributed by atoms with Crippen LogP contribution in [0, 0.1) is 0 Å². The number of nitrogens with zero attached hydrogens (tertiary/aromatic N) is 2. The molecule has 2 aromatic heterocycles. The third-order valence-electron chi connectivity index (χ3n) is 3.22. The van der Waals surface area contributed by atoms with Gasteiger partial charge >= 0.3 is 0 Å². The van der Waals surface area contributed by atoms with Crippen LogP contribution in [0.5, 0.6) is 0 Å². The zero-order valence-corrected chi connectivity index (χ0v) is 9.51. The second kappa shape index (κ2) is 3.43. The van der Waals surface area contributed by atoms with E-state index in [1.54, 1.807) is 6.33 Å². The van der Waals surface area contributed by atoms with Gasteiger partial charge in [-0.05, 0) is 17.7 Å². The largest absolute Gasteiger partial charge is 0.345 e. The highest BCUT2D eigenvalue weighted by Gasteiger charge is 2.09. The molecule has 86 valence electrons. The molecule has 0 aliphatic heterocycles. The smallest absolute Gasteiger partial charge is 0.0961 e. The molecule has 0 aliphatic rings. The van der Waals surface area contributed by atoms with Crippen LogP contribution in [0.2, 0.25) is 0 Å². The molecule has 4 nitrogen and oxygen atoms in total. The molecule has 4 rings (SSSR count). The summed E-state index contributed by atoms with van der Waals surface area (Å²) in [5.41, 5.74) is 5.29. The molecule has 4 heteroatoms. The summed E-state index contributed by atoms with van der Waals surface area (Å²) < 4.78 is 0. The monoisotopic (exact) mass is 234 g/mol. The Labute approximate surface area is 103 Å². The Morgan fingerprint density at radius 1 is 0.944 bits per heavy atom. The first-order valence-corrected chi connectivity index (χ1v) is 5.78. The van der Waals surface area contributed by atoms with E-state index in [-0.39, 0.29) is 0 Å². The molecule has 0 unspecified atom stereocenters. The van der Waals surface area contributed by atoms with Gasteiger partial charge in [-0.1, -0.05) is 24.3 Å². The molecular formula is C14H10N4. The van der Waals surface area contributed by atoms with Crippen LogP contribution in [0.15, 0.2) is 48.9 Å². The molecule has 0 saturated carbocycles. The van der Waals surface area contributed by atoms with E-state index in [2.05, 4.69) is 32.3 Å². The average Bonchev–Trinajstić information content (AvgIpc) is 3.06. The van der Waals surface area contributed by atoms with Crippen LogP contribution in [0.3, 0.4) is 0 Å². The van der Waals surface area contributed by atoms with E-state index in [0.29, 0.717) is 0 Å². The number of para-hydroxylation sites is 1. The van der Waals surface area contributed by atoms with Gasteiger partial charge in [0.25, 0.3) is 0 Å². The maximum Gasteiger partial charge on any atom is 0.0961 e. The number of aromatic nitrogens is 4. The highest BCUT2D eigenvalue weighted by atomic mass is 15.1. The van der Waals surface area contributed by atoms with Crippen LogP contribution in [0.25, 0.3) is 33.1 Å². The van der Waals surface area contributed by atoms with Crippen LogP contribution in [0.1, 0.15) is 0 Å². The summed E-state index contributed by atoms with van der Waals surface area (Å²) >= 11 is 0. The van der Waals surface area contributed by atoms with Gasteiger partial charge in [-0.2, -0.15) is 5.10 Å². The Bertz CT molecular complexity index is 769. The van der Waals surface area contributed by atoms with E-state index in [4.69, 9.17) is 0 Å². The van der Waals surface area contributed by atoms with Gasteiger partial charge in [0.15, 0.2) is 0 Å². The standard InChI is InChI=1S/C14H10N4/c1-3-9(11-7-17-18-12(11)5-1)10-4-2-6-13-14(10)16-8-15-13/h1-8H,(H,15,16)(H,17,18). The zero-order valence-electron chi connectivity index (χ0n) is 9.51. The minimum Gasteiger partial charge on any atom is -0.345 e. The van der Waals surface area contributed by atoms with Crippen molar-refractivity contribution in [3.05, 3.63) is 48.9 Å². The number of H-pyrrole nitrogens is 2. The molecule has 0 saturated heterocycles. The quantitative estimate of drug-likeness (QED) is 0.531. The Kier molecular flexibility index (Phi) is 1.80. The lowest BCUT2D eigenvalue weighted by Crippen LogP contribution is -1.81. The van der Waals surface area contributed by atoms with Crippen molar-refractivity contribution >= 4 is 21.9 Å². The topological polar surface area (TPSA) is 57.4 Å². The molecule has 0 bridgehead atoms. The van der Waals surface area contributed by atoms with E-state index < -0.39 is 0 Å². The zero-order chi connectivity index (χ0) is 11.9. The normalized spacial score (nSPS) is 11.3. The number of imidazole rings is 1. The Morgan fingerprint density at radius 2 is 1.83 bits per heavy atom. The Hall–Kier alpha value is -2.62. The fourth-order valence-electron chi connectivity index (χ4n) is 2.39. The molecule has 2 heterocycles. The number of nitrogens with one attached hydrogen (secondary N) is 2. The van der Waals surface area contributed by atoms with Crippen LogP contribution in [-0.2, 0) is 0 Å². The molecular weight excluding hydrogens is 224 g/mol. The van der Waals surface area contributed by atoms with Gasteiger partial charge in [-0.25, -0.2) is 4.98 Å². The van der Waals surface area contributed by atoms with Crippen molar-refractivity contribution in [2.24, 2.45) is 0 Å². The van der Waals surface area contributed by atoms with Crippen molar-refractivity contribution in [2.75, 3.05) is 0 Å². The van der Waals surface area contributed by atoms with Crippen LogP contribution in [-0.4, -0.2) is 20.2 Å². The number of hydrogen-bond donors (Lipinski definition) is 2. The maximum absolute atomic E-state index is 4.40. The lowest BCUT2D eigenvalue weighted by Gasteiger charge is -2.03. The average molecular weight is 234 g/mol. The molecule has 0 spiro atoms. The first kappa shape index (κ1) is 9.41. The molecule has 0 radical (unpaired) electrons. The van der Waals surface area contributed by atoms with E-state index in [1.165, 1.54) is 0 Å². The molecule has 0 amide bonds. The summed E-state index contributed by atoms with van der Waals surface area (Å²) in [5, 5.41) is 8.25. The first-order valence-electron chi connectivity index (χ1n) is 5.78. The Balaban J connectivity index is 2.13. The molecule has 0 aliphatic carbocycles. The van der Waals surface area contributed by atoms with E-state index in [1.807, 2.05) is 30.5 Å². The van der Waals surface area contributed by atoms with E-state index in [0.717, 1.165) is 33.1 Å². The minimum absolute atomic E-state index is 0.972.